The van der Waals surface area contributed by atoms with Gasteiger partial charge in [0.05, 0.1) is 11.4 Å². The number of para-hydroxylation sites is 1. The number of hydrogen-bond donors (Lipinski definition) is 2. The third kappa shape index (κ3) is 2.54. The Hall–Kier alpha value is -3.15. The molecule has 0 saturated carbocycles. The molecule has 6 nitrogen and oxygen atoms in total. The number of aromatic nitrogens is 1. The van der Waals surface area contributed by atoms with Crippen LogP contribution in [0.3, 0.4) is 0 Å². The zero-order chi connectivity index (χ0) is 15.7. The van der Waals surface area contributed by atoms with Crippen molar-refractivity contribution in [3.8, 4) is 0 Å². The van der Waals surface area contributed by atoms with Crippen molar-refractivity contribution in [2.75, 3.05) is 11.1 Å². The van der Waals surface area contributed by atoms with Crippen LogP contribution in [-0.4, -0.2) is 10.9 Å². The average molecular weight is 295 g/mol. The lowest BCUT2D eigenvalue weighted by Gasteiger charge is -2.06. The summed E-state index contributed by atoms with van der Waals surface area (Å²) >= 11 is 0. The average Bonchev–Trinajstić information content (AvgIpc) is 2.50. The fraction of sp³-hybridized carbons (Fsp3) is 0.0625. The van der Waals surface area contributed by atoms with Crippen molar-refractivity contribution in [1.82, 2.24) is 4.98 Å². The van der Waals surface area contributed by atoms with Crippen LogP contribution < -0.4 is 16.7 Å². The van der Waals surface area contributed by atoms with Crippen LogP contribution in [0.4, 0.5) is 11.5 Å². The molecule has 0 bridgehead atoms. The maximum atomic E-state index is 12.2. The molecule has 1 amide bonds. The van der Waals surface area contributed by atoms with Gasteiger partial charge in [-0.25, -0.2) is 9.78 Å². The molecule has 110 valence electrons. The maximum Gasteiger partial charge on any atom is 0.349 e. The van der Waals surface area contributed by atoms with Crippen LogP contribution in [0.2, 0.25) is 0 Å². The summed E-state index contributed by atoms with van der Waals surface area (Å²) in [4.78, 5) is 28.3. The molecule has 0 fully saturated rings. The van der Waals surface area contributed by atoms with E-state index in [-0.39, 0.29) is 5.56 Å². The van der Waals surface area contributed by atoms with Crippen LogP contribution in [0.25, 0.3) is 11.0 Å². The number of nitrogens with two attached hydrogens (primary N) is 1. The molecule has 3 aromatic rings. The number of carbonyl (C=O) groups is 1. The van der Waals surface area contributed by atoms with Crippen molar-refractivity contribution < 1.29 is 9.21 Å². The first-order chi connectivity index (χ1) is 10.5. The molecular formula is C16H13N3O3. The fourth-order valence-corrected chi connectivity index (χ4v) is 2.05. The van der Waals surface area contributed by atoms with Gasteiger partial charge in [0, 0.05) is 5.39 Å². The van der Waals surface area contributed by atoms with E-state index < -0.39 is 11.5 Å². The molecule has 0 spiro atoms. The molecule has 0 aliphatic carbocycles. The van der Waals surface area contributed by atoms with E-state index in [0.717, 1.165) is 0 Å². The second-order valence-electron chi connectivity index (χ2n) is 4.81. The number of pyridine rings is 1. The summed E-state index contributed by atoms with van der Waals surface area (Å²) in [5.41, 5.74) is 6.48. The summed E-state index contributed by atoms with van der Waals surface area (Å²) in [6.45, 7) is 1.73. The summed E-state index contributed by atoms with van der Waals surface area (Å²) < 4.78 is 5.14. The number of amides is 1. The zero-order valence-electron chi connectivity index (χ0n) is 11.8. The topological polar surface area (TPSA) is 98.2 Å². The van der Waals surface area contributed by atoms with Gasteiger partial charge >= 0.3 is 5.63 Å². The van der Waals surface area contributed by atoms with Gasteiger partial charge in [-0.1, -0.05) is 18.2 Å². The molecule has 0 saturated heterocycles. The molecule has 2 aromatic heterocycles. The lowest BCUT2D eigenvalue weighted by Crippen LogP contribution is -2.21. The SMILES string of the molecule is Cc1nc(NC(=O)c2cc3ccccc3oc2=O)ccc1N. The van der Waals surface area contributed by atoms with Gasteiger partial charge in [0.1, 0.15) is 17.0 Å². The molecule has 0 aliphatic heterocycles. The largest absolute Gasteiger partial charge is 0.422 e. The molecule has 1 aromatic carbocycles. The quantitative estimate of drug-likeness (QED) is 0.707. The number of rotatable bonds is 2. The molecule has 0 unspecified atom stereocenters. The summed E-state index contributed by atoms with van der Waals surface area (Å²) in [6, 6.07) is 11.7. The molecule has 6 heteroatoms. The highest BCUT2D eigenvalue weighted by molar-refractivity contribution is 6.05. The van der Waals surface area contributed by atoms with Crippen LogP contribution in [0.5, 0.6) is 0 Å². The Bertz CT molecular complexity index is 931. The minimum atomic E-state index is -0.691. The van der Waals surface area contributed by atoms with Gasteiger partial charge in [0.2, 0.25) is 0 Å². The first kappa shape index (κ1) is 13.8. The Balaban J connectivity index is 1.96. The van der Waals surface area contributed by atoms with Gasteiger partial charge in [-0.05, 0) is 31.2 Å². The first-order valence-corrected chi connectivity index (χ1v) is 6.62. The number of carbonyl (C=O) groups excluding carboxylic acids is 1. The van der Waals surface area contributed by atoms with E-state index >= 15 is 0 Å². The fourth-order valence-electron chi connectivity index (χ4n) is 2.05. The molecule has 0 atom stereocenters. The predicted octanol–water partition coefficient (Wildman–Crippen LogP) is 2.33. The Morgan fingerprint density at radius 1 is 1.23 bits per heavy atom. The molecule has 3 rings (SSSR count). The monoisotopic (exact) mass is 295 g/mol. The van der Waals surface area contributed by atoms with E-state index in [1.165, 1.54) is 6.07 Å². The molecule has 0 aliphatic rings. The van der Waals surface area contributed by atoms with Crippen LogP contribution in [-0.2, 0) is 0 Å². The summed E-state index contributed by atoms with van der Waals surface area (Å²) in [6.07, 6.45) is 0. The van der Waals surface area contributed by atoms with E-state index in [2.05, 4.69) is 10.3 Å². The number of nitrogens with zero attached hydrogens (tertiary/aromatic N) is 1. The lowest BCUT2D eigenvalue weighted by atomic mass is 10.2. The van der Waals surface area contributed by atoms with Crippen LogP contribution in [0.1, 0.15) is 16.1 Å². The lowest BCUT2D eigenvalue weighted by molar-refractivity contribution is 0.102. The van der Waals surface area contributed by atoms with Gasteiger partial charge in [0.15, 0.2) is 0 Å². The summed E-state index contributed by atoms with van der Waals surface area (Å²) in [5, 5.41) is 3.24. The maximum absolute atomic E-state index is 12.2. The highest BCUT2D eigenvalue weighted by atomic mass is 16.4. The van der Waals surface area contributed by atoms with Crippen molar-refractivity contribution in [3.05, 3.63) is 64.1 Å². The van der Waals surface area contributed by atoms with E-state index in [9.17, 15) is 9.59 Å². The molecule has 22 heavy (non-hydrogen) atoms. The minimum absolute atomic E-state index is 0.0741. The van der Waals surface area contributed by atoms with E-state index in [4.69, 9.17) is 10.2 Å². The zero-order valence-corrected chi connectivity index (χ0v) is 11.8. The molecule has 0 radical (unpaired) electrons. The third-order valence-corrected chi connectivity index (χ3v) is 3.25. The number of benzene rings is 1. The number of fused-ring (bicyclic) bond motifs is 1. The highest BCUT2D eigenvalue weighted by Gasteiger charge is 2.14. The van der Waals surface area contributed by atoms with E-state index in [1.807, 2.05) is 0 Å². The van der Waals surface area contributed by atoms with Gasteiger partial charge in [-0.2, -0.15) is 0 Å². The highest BCUT2D eigenvalue weighted by Crippen LogP contribution is 2.15. The molecular weight excluding hydrogens is 282 g/mol. The number of anilines is 2. The van der Waals surface area contributed by atoms with Crippen molar-refractivity contribution >= 4 is 28.4 Å². The number of aryl methyl sites for hydroxylation is 1. The van der Waals surface area contributed by atoms with Gasteiger partial charge in [-0.3, -0.25) is 4.79 Å². The van der Waals surface area contributed by atoms with Crippen molar-refractivity contribution in [2.24, 2.45) is 0 Å². The smallest absolute Gasteiger partial charge is 0.349 e. The van der Waals surface area contributed by atoms with Crippen LogP contribution in [0.15, 0.2) is 51.7 Å². The Labute approximate surface area is 125 Å². The first-order valence-electron chi connectivity index (χ1n) is 6.62. The number of nitrogens with one attached hydrogen (secondary N) is 1. The van der Waals surface area contributed by atoms with E-state index in [0.29, 0.717) is 28.2 Å². The van der Waals surface area contributed by atoms with Crippen molar-refractivity contribution in [2.45, 2.75) is 6.92 Å². The minimum Gasteiger partial charge on any atom is -0.422 e. The number of nitrogen functional groups attached to an aromatic ring is 1. The Kier molecular flexibility index (Phi) is 3.34. The summed E-state index contributed by atoms with van der Waals surface area (Å²) in [5.74, 6) is -0.250. The van der Waals surface area contributed by atoms with Gasteiger partial charge in [0.25, 0.3) is 5.91 Å². The second-order valence-corrected chi connectivity index (χ2v) is 4.81. The van der Waals surface area contributed by atoms with E-state index in [1.54, 1.807) is 43.3 Å². The summed E-state index contributed by atoms with van der Waals surface area (Å²) in [7, 11) is 0. The van der Waals surface area contributed by atoms with Crippen molar-refractivity contribution in [1.29, 1.82) is 0 Å². The number of hydrogen-bond acceptors (Lipinski definition) is 5. The second kappa shape index (κ2) is 5.33. The van der Waals surface area contributed by atoms with Gasteiger partial charge in [-0.15, -0.1) is 0 Å². The van der Waals surface area contributed by atoms with Crippen LogP contribution in [0, 0.1) is 6.92 Å². The van der Waals surface area contributed by atoms with Crippen LogP contribution >= 0.6 is 0 Å². The normalized spacial score (nSPS) is 10.6. The van der Waals surface area contributed by atoms with Gasteiger partial charge < -0.3 is 15.5 Å². The third-order valence-electron chi connectivity index (χ3n) is 3.25. The van der Waals surface area contributed by atoms with Crippen molar-refractivity contribution in [3.63, 3.8) is 0 Å². The molecule has 3 N–H and O–H groups in total. The Morgan fingerprint density at radius 2 is 2.00 bits per heavy atom. The standard InChI is InChI=1S/C16H13N3O3/c1-9-12(17)6-7-14(18-9)19-15(20)11-8-10-4-2-3-5-13(10)22-16(11)21/h2-8H,17H2,1H3,(H,18,19,20). The Morgan fingerprint density at radius 3 is 2.77 bits per heavy atom. The predicted molar refractivity (Wildman–Crippen MR) is 83.8 cm³/mol. The molecule has 2 heterocycles.